The SMILES string of the molecule is C[C@H](OC(=O)c1cc(Cl)ccn1)C(=O)NC(=O)NC1CCCC1. The van der Waals surface area contributed by atoms with Gasteiger partial charge in [-0.05, 0) is 31.9 Å². The number of carbonyl (C=O) groups is 3. The number of hydrogen-bond donors (Lipinski definition) is 2. The molecule has 1 atom stereocenters. The minimum absolute atomic E-state index is 0.00689. The van der Waals surface area contributed by atoms with Gasteiger partial charge < -0.3 is 10.1 Å². The predicted molar refractivity (Wildman–Crippen MR) is 83.1 cm³/mol. The highest BCUT2D eigenvalue weighted by Crippen LogP contribution is 2.17. The van der Waals surface area contributed by atoms with Crippen LogP contribution in [-0.4, -0.2) is 35.0 Å². The van der Waals surface area contributed by atoms with E-state index in [2.05, 4.69) is 15.6 Å². The van der Waals surface area contributed by atoms with Crippen molar-refractivity contribution < 1.29 is 19.1 Å². The number of carbonyl (C=O) groups excluding carboxylic acids is 3. The first kappa shape index (κ1) is 17.2. The highest BCUT2D eigenvalue weighted by Gasteiger charge is 2.23. The third-order valence-electron chi connectivity index (χ3n) is 3.51. The Morgan fingerprint density at radius 3 is 2.70 bits per heavy atom. The van der Waals surface area contributed by atoms with Gasteiger partial charge in [-0.1, -0.05) is 24.4 Å². The maximum absolute atomic E-state index is 11.9. The normalized spacial score (nSPS) is 15.7. The first-order valence-corrected chi connectivity index (χ1v) is 7.77. The summed E-state index contributed by atoms with van der Waals surface area (Å²) in [6, 6.07) is 2.37. The fraction of sp³-hybridized carbons (Fsp3) is 0.467. The first-order valence-electron chi connectivity index (χ1n) is 7.39. The maximum atomic E-state index is 11.9. The van der Waals surface area contributed by atoms with Crippen LogP contribution >= 0.6 is 11.6 Å². The van der Waals surface area contributed by atoms with Crippen LogP contribution in [0.25, 0.3) is 0 Å². The van der Waals surface area contributed by atoms with Gasteiger partial charge in [0.1, 0.15) is 5.69 Å². The molecule has 1 fully saturated rings. The molecule has 2 rings (SSSR count). The van der Waals surface area contributed by atoms with Gasteiger partial charge in [0.05, 0.1) is 0 Å². The second-order valence-electron chi connectivity index (χ2n) is 5.35. The van der Waals surface area contributed by atoms with Crippen LogP contribution < -0.4 is 10.6 Å². The van der Waals surface area contributed by atoms with Gasteiger partial charge in [0.2, 0.25) is 0 Å². The number of amides is 3. The van der Waals surface area contributed by atoms with Crippen LogP contribution in [0.1, 0.15) is 43.1 Å². The van der Waals surface area contributed by atoms with Crippen LogP contribution in [-0.2, 0) is 9.53 Å². The average Bonchev–Trinajstić information content (AvgIpc) is 2.99. The van der Waals surface area contributed by atoms with E-state index in [1.54, 1.807) is 0 Å². The molecule has 0 bridgehead atoms. The van der Waals surface area contributed by atoms with E-state index < -0.39 is 24.0 Å². The number of urea groups is 1. The Hall–Kier alpha value is -2.15. The van der Waals surface area contributed by atoms with Crippen molar-refractivity contribution in [2.45, 2.75) is 44.8 Å². The summed E-state index contributed by atoms with van der Waals surface area (Å²) in [6.07, 6.45) is 4.19. The molecule has 1 aliphatic rings. The molecule has 0 aliphatic heterocycles. The van der Waals surface area contributed by atoms with E-state index in [4.69, 9.17) is 16.3 Å². The summed E-state index contributed by atoms with van der Waals surface area (Å²) in [4.78, 5) is 39.2. The molecule has 124 valence electrons. The third kappa shape index (κ3) is 5.21. The van der Waals surface area contributed by atoms with Crippen LogP contribution in [0.4, 0.5) is 4.79 Å². The van der Waals surface area contributed by atoms with Gasteiger partial charge >= 0.3 is 12.0 Å². The van der Waals surface area contributed by atoms with E-state index in [1.807, 2.05) is 0 Å². The summed E-state index contributed by atoms with van der Waals surface area (Å²) in [5.74, 6) is -1.48. The van der Waals surface area contributed by atoms with Crippen molar-refractivity contribution in [2.24, 2.45) is 0 Å². The summed E-state index contributed by atoms with van der Waals surface area (Å²) in [5.41, 5.74) is -0.00689. The third-order valence-corrected chi connectivity index (χ3v) is 3.75. The van der Waals surface area contributed by atoms with E-state index in [0.717, 1.165) is 25.7 Å². The molecular weight excluding hydrogens is 322 g/mol. The van der Waals surface area contributed by atoms with Crippen molar-refractivity contribution in [3.63, 3.8) is 0 Å². The van der Waals surface area contributed by atoms with Crippen molar-refractivity contribution in [3.05, 3.63) is 29.0 Å². The molecule has 7 nitrogen and oxygen atoms in total. The fourth-order valence-electron chi connectivity index (χ4n) is 2.30. The second-order valence-corrected chi connectivity index (χ2v) is 5.79. The molecule has 1 aromatic heterocycles. The monoisotopic (exact) mass is 339 g/mol. The topological polar surface area (TPSA) is 97.4 Å². The molecule has 1 heterocycles. The first-order chi connectivity index (χ1) is 11.0. The molecule has 1 aromatic rings. The largest absolute Gasteiger partial charge is 0.448 e. The number of imide groups is 1. The van der Waals surface area contributed by atoms with Crippen molar-refractivity contribution in [2.75, 3.05) is 0 Å². The van der Waals surface area contributed by atoms with Crippen molar-refractivity contribution >= 4 is 29.5 Å². The Bertz CT molecular complexity index is 602. The number of esters is 1. The van der Waals surface area contributed by atoms with Crippen molar-refractivity contribution in [1.82, 2.24) is 15.6 Å². The van der Waals surface area contributed by atoms with Gasteiger partial charge in [-0.3, -0.25) is 10.1 Å². The van der Waals surface area contributed by atoms with Crippen LogP contribution in [0, 0.1) is 0 Å². The molecule has 0 radical (unpaired) electrons. The molecule has 0 unspecified atom stereocenters. The smallest absolute Gasteiger partial charge is 0.357 e. The minimum atomic E-state index is -1.13. The fourth-order valence-corrected chi connectivity index (χ4v) is 2.46. The number of nitrogens with zero attached hydrogens (tertiary/aromatic N) is 1. The van der Waals surface area contributed by atoms with E-state index in [1.165, 1.54) is 25.3 Å². The highest BCUT2D eigenvalue weighted by molar-refractivity contribution is 6.30. The summed E-state index contributed by atoms with van der Waals surface area (Å²) in [5, 5.41) is 5.21. The molecular formula is C15H18ClN3O4. The predicted octanol–water partition coefficient (Wildman–Crippen LogP) is 2.05. The second kappa shape index (κ2) is 7.92. The Labute approximate surface area is 138 Å². The number of rotatable bonds is 4. The van der Waals surface area contributed by atoms with Gasteiger partial charge in [-0.15, -0.1) is 0 Å². The summed E-state index contributed by atoms with van der Waals surface area (Å²) in [6.45, 7) is 1.38. The number of halogens is 1. The average molecular weight is 340 g/mol. The quantitative estimate of drug-likeness (QED) is 0.818. The zero-order valence-corrected chi connectivity index (χ0v) is 13.4. The lowest BCUT2D eigenvalue weighted by molar-refractivity contribution is -0.127. The molecule has 3 amide bonds. The lowest BCUT2D eigenvalue weighted by Gasteiger charge is -2.15. The highest BCUT2D eigenvalue weighted by atomic mass is 35.5. The van der Waals surface area contributed by atoms with E-state index >= 15 is 0 Å². The van der Waals surface area contributed by atoms with Crippen LogP contribution in [0.3, 0.4) is 0 Å². The molecule has 0 spiro atoms. The molecule has 1 aliphatic carbocycles. The molecule has 0 saturated heterocycles. The summed E-state index contributed by atoms with van der Waals surface area (Å²) < 4.78 is 4.97. The number of aromatic nitrogens is 1. The lowest BCUT2D eigenvalue weighted by Crippen LogP contribution is -2.47. The Kier molecular flexibility index (Phi) is 5.92. The van der Waals surface area contributed by atoms with Gasteiger partial charge in [-0.25, -0.2) is 14.6 Å². The zero-order valence-electron chi connectivity index (χ0n) is 12.7. The van der Waals surface area contributed by atoms with Gasteiger partial charge in [-0.2, -0.15) is 0 Å². The molecule has 8 heteroatoms. The Morgan fingerprint density at radius 2 is 2.04 bits per heavy atom. The number of nitrogens with one attached hydrogen (secondary N) is 2. The Morgan fingerprint density at radius 1 is 1.35 bits per heavy atom. The van der Waals surface area contributed by atoms with Crippen LogP contribution in [0.5, 0.6) is 0 Å². The number of hydrogen-bond acceptors (Lipinski definition) is 5. The molecule has 2 N–H and O–H groups in total. The standard InChI is InChI=1S/C15H18ClN3O4/c1-9(23-14(21)12-8-10(16)6-7-17-12)13(20)19-15(22)18-11-4-2-3-5-11/h6-9,11H,2-5H2,1H3,(H2,18,19,20,22)/t9-/m0/s1. The van der Waals surface area contributed by atoms with Crippen LogP contribution in [0.15, 0.2) is 18.3 Å². The molecule has 0 aromatic carbocycles. The van der Waals surface area contributed by atoms with E-state index in [-0.39, 0.29) is 11.7 Å². The summed E-state index contributed by atoms with van der Waals surface area (Å²) >= 11 is 5.76. The van der Waals surface area contributed by atoms with Crippen molar-refractivity contribution in [3.8, 4) is 0 Å². The van der Waals surface area contributed by atoms with Gasteiger partial charge in [0, 0.05) is 17.3 Å². The van der Waals surface area contributed by atoms with Gasteiger partial charge in [0.15, 0.2) is 6.10 Å². The maximum Gasteiger partial charge on any atom is 0.357 e. The number of pyridine rings is 1. The summed E-state index contributed by atoms with van der Waals surface area (Å²) in [7, 11) is 0. The molecule has 1 saturated carbocycles. The van der Waals surface area contributed by atoms with E-state index in [9.17, 15) is 14.4 Å². The van der Waals surface area contributed by atoms with Gasteiger partial charge in [0.25, 0.3) is 5.91 Å². The van der Waals surface area contributed by atoms with Crippen molar-refractivity contribution in [1.29, 1.82) is 0 Å². The van der Waals surface area contributed by atoms with E-state index in [0.29, 0.717) is 5.02 Å². The zero-order chi connectivity index (χ0) is 16.8. The number of ether oxygens (including phenoxy) is 1. The Balaban J connectivity index is 1.82. The lowest BCUT2D eigenvalue weighted by atomic mass is 10.2. The molecule has 23 heavy (non-hydrogen) atoms. The van der Waals surface area contributed by atoms with Crippen LogP contribution in [0.2, 0.25) is 5.02 Å². The minimum Gasteiger partial charge on any atom is -0.448 e.